The van der Waals surface area contributed by atoms with E-state index in [1.807, 2.05) is 0 Å². The van der Waals surface area contributed by atoms with Crippen LogP contribution in [0, 0.1) is 6.92 Å². The van der Waals surface area contributed by atoms with Gasteiger partial charge in [0.05, 0.1) is 12.7 Å². The molecule has 0 spiro atoms. The molecule has 1 fully saturated rings. The topological polar surface area (TPSA) is 89.8 Å². The Morgan fingerprint density at radius 3 is 2.83 bits per heavy atom. The fourth-order valence-corrected chi connectivity index (χ4v) is 2.65. The van der Waals surface area contributed by atoms with Crippen molar-refractivity contribution in [2.45, 2.75) is 25.9 Å². The highest BCUT2D eigenvalue weighted by Crippen LogP contribution is 2.28. The van der Waals surface area contributed by atoms with Crippen molar-refractivity contribution in [3.63, 3.8) is 0 Å². The minimum Gasteiger partial charge on any atom is -0.497 e. The van der Waals surface area contributed by atoms with Crippen molar-refractivity contribution in [3.8, 4) is 5.75 Å². The van der Waals surface area contributed by atoms with Crippen LogP contribution in [0.4, 0.5) is 0 Å². The number of carbonyl (C=O) groups is 2. The third kappa shape index (κ3) is 3.00. The van der Waals surface area contributed by atoms with Crippen LogP contribution in [0.2, 0.25) is 0 Å². The molecule has 2 amide bonds. The van der Waals surface area contributed by atoms with Gasteiger partial charge in [0.25, 0.3) is 11.8 Å². The number of aryl methyl sites for hydroxylation is 1. The average Bonchev–Trinajstić information content (AvgIpc) is 3.18. The molecule has 3 rings (SSSR count). The Morgan fingerprint density at radius 2 is 2.13 bits per heavy atom. The van der Waals surface area contributed by atoms with Crippen LogP contribution in [0.25, 0.3) is 11.0 Å². The highest BCUT2D eigenvalue weighted by Gasteiger charge is 2.25. The van der Waals surface area contributed by atoms with Crippen LogP contribution in [0.15, 0.2) is 22.6 Å². The molecule has 1 aromatic heterocycles. The second kappa shape index (κ2) is 6.29. The number of furan rings is 1. The average molecular weight is 318 g/mol. The summed E-state index contributed by atoms with van der Waals surface area (Å²) in [7, 11) is 1.55. The van der Waals surface area contributed by atoms with Crippen LogP contribution in [-0.2, 0) is 9.53 Å². The zero-order valence-corrected chi connectivity index (χ0v) is 13.0. The van der Waals surface area contributed by atoms with Crippen LogP contribution >= 0.6 is 0 Å². The summed E-state index contributed by atoms with van der Waals surface area (Å²) in [4.78, 5) is 24.3. The van der Waals surface area contributed by atoms with Crippen molar-refractivity contribution in [1.82, 2.24) is 10.9 Å². The van der Waals surface area contributed by atoms with Gasteiger partial charge in [-0.1, -0.05) is 0 Å². The molecular formula is C16H18N2O5. The van der Waals surface area contributed by atoms with E-state index in [0.29, 0.717) is 41.1 Å². The van der Waals surface area contributed by atoms with Crippen molar-refractivity contribution in [3.05, 3.63) is 29.5 Å². The second-order valence-electron chi connectivity index (χ2n) is 5.34. The summed E-state index contributed by atoms with van der Waals surface area (Å²) in [6.45, 7) is 2.26. The standard InChI is InChI=1S/C16H18N2O5/c1-9-14(11-8-10(21-2)5-6-12(11)23-9)16(20)18-17-15(19)13-4-3-7-22-13/h5-6,8,13H,3-4,7H2,1-2H3,(H,17,19)(H,18,20)/t13-/m0/s1. The highest BCUT2D eigenvalue weighted by molar-refractivity contribution is 6.08. The molecule has 0 bridgehead atoms. The van der Waals surface area contributed by atoms with E-state index in [-0.39, 0.29) is 5.91 Å². The van der Waals surface area contributed by atoms with E-state index in [2.05, 4.69) is 10.9 Å². The smallest absolute Gasteiger partial charge is 0.273 e. The van der Waals surface area contributed by atoms with Gasteiger partial charge in [0.15, 0.2) is 0 Å². The quantitative estimate of drug-likeness (QED) is 0.841. The zero-order valence-electron chi connectivity index (χ0n) is 13.0. The Morgan fingerprint density at radius 1 is 1.30 bits per heavy atom. The highest BCUT2D eigenvalue weighted by atomic mass is 16.5. The molecule has 0 unspecified atom stereocenters. The first kappa shape index (κ1) is 15.4. The number of hydrogen-bond donors (Lipinski definition) is 2. The van der Waals surface area contributed by atoms with E-state index >= 15 is 0 Å². The van der Waals surface area contributed by atoms with Crippen LogP contribution in [-0.4, -0.2) is 31.6 Å². The molecule has 1 aliphatic heterocycles. The lowest BCUT2D eigenvalue weighted by Gasteiger charge is -2.11. The molecule has 0 saturated carbocycles. The first-order chi connectivity index (χ1) is 11.1. The van der Waals surface area contributed by atoms with E-state index in [1.165, 1.54) is 0 Å². The molecule has 1 saturated heterocycles. The molecule has 2 aromatic rings. The number of amides is 2. The van der Waals surface area contributed by atoms with Crippen LogP contribution in [0.5, 0.6) is 5.75 Å². The van der Waals surface area contributed by atoms with Crippen molar-refractivity contribution in [1.29, 1.82) is 0 Å². The minimum absolute atomic E-state index is 0.348. The van der Waals surface area contributed by atoms with E-state index < -0.39 is 12.0 Å². The Labute approximate surface area is 132 Å². The predicted octanol–water partition coefficient (Wildman–Crippen LogP) is 1.69. The van der Waals surface area contributed by atoms with E-state index in [0.717, 1.165) is 6.42 Å². The number of ether oxygens (including phenoxy) is 2. The van der Waals surface area contributed by atoms with Crippen LogP contribution in [0.1, 0.15) is 29.0 Å². The molecule has 1 aliphatic rings. The Hall–Kier alpha value is -2.54. The summed E-state index contributed by atoms with van der Waals surface area (Å²) in [6.07, 6.45) is 1.00. The monoisotopic (exact) mass is 318 g/mol. The van der Waals surface area contributed by atoms with E-state index in [4.69, 9.17) is 13.9 Å². The summed E-state index contributed by atoms with van der Waals surface area (Å²) >= 11 is 0. The van der Waals surface area contributed by atoms with Gasteiger partial charge in [-0.3, -0.25) is 20.4 Å². The Bertz CT molecular complexity index is 746. The minimum atomic E-state index is -0.502. The second-order valence-corrected chi connectivity index (χ2v) is 5.34. The van der Waals surface area contributed by atoms with Gasteiger partial charge in [-0.15, -0.1) is 0 Å². The fraction of sp³-hybridized carbons (Fsp3) is 0.375. The molecule has 122 valence electrons. The maximum absolute atomic E-state index is 12.4. The maximum Gasteiger partial charge on any atom is 0.273 e. The Balaban J connectivity index is 1.77. The molecular weight excluding hydrogens is 300 g/mol. The number of methoxy groups -OCH3 is 1. The summed E-state index contributed by atoms with van der Waals surface area (Å²) in [6, 6.07) is 5.22. The lowest BCUT2D eigenvalue weighted by Crippen LogP contribution is -2.46. The molecule has 1 atom stereocenters. The maximum atomic E-state index is 12.4. The van der Waals surface area contributed by atoms with Gasteiger partial charge >= 0.3 is 0 Å². The molecule has 1 aromatic carbocycles. The number of rotatable bonds is 3. The van der Waals surface area contributed by atoms with Crippen molar-refractivity contribution in [2.24, 2.45) is 0 Å². The first-order valence-electron chi connectivity index (χ1n) is 7.39. The van der Waals surface area contributed by atoms with Gasteiger partial charge in [0.1, 0.15) is 23.2 Å². The van der Waals surface area contributed by atoms with Gasteiger partial charge in [0, 0.05) is 12.0 Å². The van der Waals surface area contributed by atoms with E-state index in [9.17, 15) is 9.59 Å². The summed E-state index contributed by atoms with van der Waals surface area (Å²) in [5.74, 6) is 0.299. The number of hydrogen-bond acceptors (Lipinski definition) is 5. The summed E-state index contributed by atoms with van der Waals surface area (Å²) in [5, 5.41) is 0.630. The molecule has 0 aliphatic carbocycles. The number of nitrogens with one attached hydrogen (secondary N) is 2. The number of carbonyl (C=O) groups excluding carboxylic acids is 2. The normalized spacial score (nSPS) is 17.2. The fourth-order valence-electron chi connectivity index (χ4n) is 2.65. The third-order valence-electron chi connectivity index (χ3n) is 3.82. The molecule has 2 heterocycles. The van der Waals surface area contributed by atoms with Crippen LogP contribution in [0.3, 0.4) is 0 Å². The summed E-state index contributed by atoms with van der Waals surface area (Å²) < 4.78 is 16.0. The Kier molecular flexibility index (Phi) is 4.20. The van der Waals surface area contributed by atoms with Crippen molar-refractivity contribution in [2.75, 3.05) is 13.7 Å². The van der Waals surface area contributed by atoms with Crippen LogP contribution < -0.4 is 15.6 Å². The zero-order chi connectivity index (χ0) is 16.4. The molecule has 7 nitrogen and oxygen atoms in total. The van der Waals surface area contributed by atoms with E-state index in [1.54, 1.807) is 32.2 Å². The summed E-state index contributed by atoms with van der Waals surface area (Å²) in [5.41, 5.74) is 5.76. The van der Waals surface area contributed by atoms with Gasteiger partial charge in [0.2, 0.25) is 0 Å². The molecule has 0 radical (unpaired) electrons. The molecule has 2 N–H and O–H groups in total. The van der Waals surface area contributed by atoms with Crippen molar-refractivity contribution >= 4 is 22.8 Å². The molecule has 7 heteroatoms. The SMILES string of the molecule is COc1ccc2oc(C)c(C(=O)NNC(=O)[C@@H]3CCCO3)c2c1. The largest absolute Gasteiger partial charge is 0.497 e. The number of benzene rings is 1. The van der Waals surface area contributed by atoms with Gasteiger partial charge < -0.3 is 13.9 Å². The molecule has 23 heavy (non-hydrogen) atoms. The van der Waals surface area contributed by atoms with Gasteiger partial charge in [-0.25, -0.2) is 0 Å². The van der Waals surface area contributed by atoms with Gasteiger partial charge in [-0.2, -0.15) is 0 Å². The lowest BCUT2D eigenvalue weighted by molar-refractivity contribution is -0.130. The number of hydrazine groups is 1. The van der Waals surface area contributed by atoms with Gasteiger partial charge in [-0.05, 0) is 38.0 Å². The lowest BCUT2D eigenvalue weighted by atomic mass is 10.1. The third-order valence-corrected chi connectivity index (χ3v) is 3.82. The van der Waals surface area contributed by atoms with Crippen molar-refractivity contribution < 1.29 is 23.5 Å². The first-order valence-corrected chi connectivity index (χ1v) is 7.39. The number of fused-ring (bicyclic) bond motifs is 1. The predicted molar refractivity (Wildman–Crippen MR) is 82.1 cm³/mol.